The minimum absolute atomic E-state index is 0.844. The van der Waals surface area contributed by atoms with Crippen molar-refractivity contribution in [3.8, 4) is 16.3 Å². The van der Waals surface area contributed by atoms with E-state index in [2.05, 4.69) is 20.4 Å². The van der Waals surface area contributed by atoms with E-state index in [0.717, 1.165) is 47.6 Å². The number of hydrogen-bond acceptors (Lipinski definition) is 6. The van der Waals surface area contributed by atoms with Crippen LogP contribution in [0.3, 0.4) is 0 Å². The lowest BCUT2D eigenvalue weighted by molar-refractivity contribution is 0.415. The van der Waals surface area contributed by atoms with Crippen LogP contribution < -0.4 is 15.0 Å². The van der Waals surface area contributed by atoms with E-state index in [0.29, 0.717) is 0 Å². The molecule has 0 atom stereocenters. The van der Waals surface area contributed by atoms with Crippen LogP contribution in [0.25, 0.3) is 10.6 Å². The van der Waals surface area contributed by atoms with Crippen molar-refractivity contribution in [1.29, 1.82) is 0 Å². The summed E-state index contributed by atoms with van der Waals surface area (Å²) in [7, 11) is 1.67. The zero-order valence-electron chi connectivity index (χ0n) is 10.8. The highest BCUT2D eigenvalue weighted by atomic mass is 32.1. The van der Waals surface area contributed by atoms with Crippen LogP contribution in [-0.4, -0.2) is 43.5 Å². The first-order valence-corrected chi connectivity index (χ1v) is 7.12. The number of rotatable bonds is 3. The number of anilines is 1. The lowest BCUT2D eigenvalue weighted by Crippen LogP contribution is -2.43. The fourth-order valence-electron chi connectivity index (χ4n) is 2.07. The highest BCUT2D eigenvalue weighted by Crippen LogP contribution is 2.30. The normalized spacial score (nSPS) is 15.5. The first-order valence-electron chi connectivity index (χ1n) is 6.30. The van der Waals surface area contributed by atoms with Crippen molar-refractivity contribution in [2.24, 2.45) is 0 Å². The second kappa shape index (κ2) is 5.54. The molecule has 1 aromatic heterocycles. The summed E-state index contributed by atoms with van der Waals surface area (Å²) in [6.07, 6.45) is 0. The van der Waals surface area contributed by atoms with Crippen LogP contribution in [0.1, 0.15) is 0 Å². The molecular weight excluding hydrogens is 260 g/mol. The second-order valence-corrected chi connectivity index (χ2v) is 5.31. The lowest BCUT2D eigenvalue weighted by atomic mass is 10.2. The average Bonchev–Trinajstić information content (AvgIpc) is 2.98. The maximum absolute atomic E-state index is 5.24. The Hall–Kier alpha value is -1.66. The van der Waals surface area contributed by atoms with Gasteiger partial charge < -0.3 is 15.0 Å². The monoisotopic (exact) mass is 276 g/mol. The molecule has 3 rings (SSSR count). The van der Waals surface area contributed by atoms with Gasteiger partial charge in [0.05, 0.1) is 7.11 Å². The van der Waals surface area contributed by atoms with Gasteiger partial charge in [-0.25, -0.2) is 0 Å². The van der Waals surface area contributed by atoms with E-state index in [9.17, 15) is 0 Å². The molecule has 2 heterocycles. The number of nitrogens with zero attached hydrogens (tertiary/aromatic N) is 3. The molecule has 0 amide bonds. The van der Waals surface area contributed by atoms with Crippen molar-refractivity contribution in [3.05, 3.63) is 24.3 Å². The van der Waals surface area contributed by atoms with E-state index in [-0.39, 0.29) is 0 Å². The van der Waals surface area contributed by atoms with Crippen LogP contribution in [0.5, 0.6) is 5.75 Å². The fourth-order valence-corrected chi connectivity index (χ4v) is 2.96. The lowest BCUT2D eigenvalue weighted by Gasteiger charge is -2.26. The number of ether oxygens (including phenoxy) is 1. The number of hydrogen-bond donors (Lipinski definition) is 1. The Morgan fingerprint density at radius 1 is 1.26 bits per heavy atom. The predicted octanol–water partition coefficient (Wildman–Crippen LogP) is 1.62. The van der Waals surface area contributed by atoms with Crippen molar-refractivity contribution in [3.63, 3.8) is 0 Å². The van der Waals surface area contributed by atoms with Crippen molar-refractivity contribution in [2.75, 3.05) is 38.2 Å². The van der Waals surface area contributed by atoms with Gasteiger partial charge in [0.1, 0.15) is 10.8 Å². The smallest absolute Gasteiger partial charge is 0.208 e. The molecule has 1 aliphatic heterocycles. The molecule has 1 aromatic carbocycles. The molecule has 19 heavy (non-hydrogen) atoms. The Kier molecular flexibility index (Phi) is 3.61. The van der Waals surface area contributed by atoms with E-state index in [1.165, 1.54) is 0 Å². The molecule has 0 radical (unpaired) electrons. The van der Waals surface area contributed by atoms with Crippen LogP contribution in [0.2, 0.25) is 0 Å². The van der Waals surface area contributed by atoms with E-state index in [4.69, 9.17) is 4.74 Å². The standard InChI is InChI=1S/C13H16N4OS/c1-18-11-4-2-3-10(9-11)12-15-16-13(19-12)17-7-5-14-6-8-17/h2-4,9,14H,5-8H2,1H3. The summed E-state index contributed by atoms with van der Waals surface area (Å²) in [6.45, 7) is 4.00. The van der Waals surface area contributed by atoms with Gasteiger partial charge in [-0.1, -0.05) is 23.5 Å². The number of methoxy groups -OCH3 is 1. The minimum Gasteiger partial charge on any atom is -0.497 e. The minimum atomic E-state index is 0.844. The molecular formula is C13H16N4OS. The third kappa shape index (κ3) is 2.69. The molecule has 1 saturated heterocycles. The van der Waals surface area contributed by atoms with Gasteiger partial charge in [-0.2, -0.15) is 0 Å². The maximum atomic E-state index is 5.24. The Balaban J connectivity index is 1.83. The molecule has 1 fully saturated rings. The van der Waals surface area contributed by atoms with Crippen molar-refractivity contribution in [2.45, 2.75) is 0 Å². The van der Waals surface area contributed by atoms with Crippen LogP contribution in [0, 0.1) is 0 Å². The van der Waals surface area contributed by atoms with Crippen LogP contribution in [-0.2, 0) is 0 Å². The van der Waals surface area contributed by atoms with Gasteiger partial charge in [0.15, 0.2) is 0 Å². The quantitative estimate of drug-likeness (QED) is 0.923. The van der Waals surface area contributed by atoms with Crippen molar-refractivity contribution < 1.29 is 4.74 Å². The highest BCUT2D eigenvalue weighted by Gasteiger charge is 2.15. The summed E-state index contributed by atoms with van der Waals surface area (Å²) in [5.41, 5.74) is 1.05. The molecule has 1 N–H and O–H groups in total. The average molecular weight is 276 g/mol. The zero-order chi connectivity index (χ0) is 13.1. The van der Waals surface area contributed by atoms with Crippen LogP contribution in [0.4, 0.5) is 5.13 Å². The molecule has 0 saturated carbocycles. The summed E-state index contributed by atoms with van der Waals surface area (Å²) in [4.78, 5) is 2.28. The van der Waals surface area contributed by atoms with Crippen LogP contribution in [0.15, 0.2) is 24.3 Å². The van der Waals surface area contributed by atoms with Crippen molar-refractivity contribution >= 4 is 16.5 Å². The number of piperazine rings is 1. The van der Waals surface area contributed by atoms with E-state index in [1.807, 2.05) is 24.3 Å². The molecule has 0 aliphatic carbocycles. The molecule has 0 unspecified atom stereocenters. The first-order chi connectivity index (χ1) is 9.36. The SMILES string of the molecule is COc1cccc(-c2nnc(N3CCNCC3)s2)c1. The molecule has 0 spiro atoms. The Morgan fingerprint density at radius 2 is 2.11 bits per heavy atom. The summed E-state index contributed by atoms with van der Waals surface area (Å²) < 4.78 is 5.24. The first kappa shape index (κ1) is 12.4. The zero-order valence-corrected chi connectivity index (χ0v) is 11.6. The Bertz CT molecular complexity index is 551. The maximum Gasteiger partial charge on any atom is 0.208 e. The van der Waals surface area contributed by atoms with E-state index >= 15 is 0 Å². The number of aromatic nitrogens is 2. The topological polar surface area (TPSA) is 50.3 Å². The highest BCUT2D eigenvalue weighted by molar-refractivity contribution is 7.18. The van der Waals surface area contributed by atoms with Gasteiger partial charge in [0.25, 0.3) is 0 Å². The number of nitrogens with one attached hydrogen (secondary N) is 1. The fraction of sp³-hybridized carbons (Fsp3) is 0.385. The Morgan fingerprint density at radius 3 is 2.89 bits per heavy atom. The van der Waals surface area contributed by atoms with E-state index < -0.39 is 0 Å². The van der Waals surface area contributed by atoms with Crippen molar-refractivity contribution in [1.82, 2.24) is 15.5 Å². The summed E-state index contributed by atoms with van der Waals surface area (Å²) in [6, 6.07) is 7.93. The molecule has 2 aromatic rings. The number of benzene rings is 1. The van der Waals surface area contributed by atoms with Gasteiger partial charge in [0.2, 0.25) is 5.13 Å². The van der Waals surface area contributed by atoms with Gasteiger partial charge in [-0.3, -0.25) is 0 Å². The summed E-state index contributed by atoms with van der Waals surface area (Å²) in [5.74, 6) is 0.844. The molecule has 0 bridgehead atoms. The summed E-state index contributed by atoms with van der Waals surface area (Å²) >= 11 is 1.63. The third-order valence-electron chi connectivity index (χ3n) is 3.12. The molecule has 1 aliphatic rings. The largest absolute Gasteiger partial charge is 0.497 e. The second-order valence-electron chi connectivity index (χ2n) is 4.36. The Labute approximate surface area is 116 Å². The summed E-state index contributed by atoms with van der Waals surface area (Å²) in [5, 5.41) is 13.9. The van der Waals surface area contributed by atoms with Gasteiger partial charge in [-0.15, -0.1) is 10.2 Å². The van der Waals surface area contributed by atoms with Crippen LogP contribution >= 0.6 is 11.3 Å². The van der Waals surface area contributed by atoms with Gasteiger partial charge in [-0.05, 0) is 12.1 Å². The third-order valence-corrected chi connectivity index (χ3v) is 4.15. The molecule has 5 nitrogen and oxygen atoms in total. The molecule has 6 heteroatoms. The van der Waals surface area contributed by atoms with Gasteiger partial charge in [0, 0.05) is 31.7 Å². The molecule has 100 valence electrons. The van der Waals surface area contributed by atoms with Gasteiger partial charge >= 0.3 is 0 Å². The van der Waals surface area contributed by atoms with E-state index in [1.54, 1.807) is 18.4 Å². The predicted molar refractivity (Wildman–Crippen MR) is 77.0 cm³/mol.